The fraction of sp³-hybridized carbons (Fsp3) is 0.529. The van der Waals surface area contributed by atoms with Crippen LogP contribution in [0.1, 0.15) is 43.7 Å². The lowest BCUT2D eigenvalue weighted by atomic mass is 9.75. The molecule has 3 unspecified atom stereocenters. The van der Waals surface area contributed by atoms with Crippen LogP contribution in [0.4, 0.5) is 5.69 Å². The first-order valence-electron chi connectivity index (χ1n) is 7.79. The third-order valence-electron chi connectivity index (χ3n) is 5.00. The maximum Gasteiger partial charge on any atom is 0.306 e. The Morgan fingerprint density at radius 2 is 2.23 bits per heavy atom. The van der Waals surface area contributed by atoms with Gasteiger partial charge in [0.25, 0.3) is 0 Å². The number of carboxylic acids is 1. The van der Waals surface area contributed by atoms with Crippen LogP contribution in [-0.4, -0.2) is 35.1 Å². The number of anilines is 1. The molecule has 0 saturated carbocycles. The van der Waals surface area contributed by atoms with E-state index in [1.54, 1.807) is 0 Å². The smallest absolute Gasteiger partial charge is 0.306 e. The standard InChI is InChI=1S/C17H21NO4/c1-3-10-6-5-7-11-14-12(19)9-22-17(4-2,8-13(20)21)16(14)18-15(10)11/h5-7,14,16,18H,3-4,8-9H2,1-2H3,(H,20,21). The van der Waals surface area contributed by atoms with Gasteiger partial charge in [-0.3, -0.25) is 9.59 Å². The number of nitrogens with one attached hydrogen (secondary N) is 1. The number of carbonyl (C=O) groups is 2. The van der Waals surface area contributed by atoms with Crippen LogP contribution in [0.25, 0.3) is 0 Å². The van der Waals surface area contributed by atoms with E-state index in [4.69, 9.17) is 4.74 Å². The minimum atomic E-state index is -0.900. The van der Waals surface area contributed by atoms with Gasteiger partial charge in [-0.1, -0.05) is 32.0 Å². The zero-order chi connectivity index (χ0) is 15.9. The molecular formula is C17H21NO4. The molecule has 2 aliphatic heterocycles. The number of hydrogen-bond acceptors (Lipinski definition) is 4. The molecule has 1 aromatic rings. The number of hydrogen-bond donors (Lipinski definition) is 2. The van der Waals surface area contributed by atoms with Crippen LogP contribution < -0.4 is 5.32 Å². The summed E-state index contributed by atoms with van der Waals surface area (Å²) in [5.74, 6) is -1.18. The van der Waals surface area contributed by atoms with Crippen molar-refractivity contribution in [3.8, 4) is 0 Å². The Balaban J connectivity index is 2.07. The summed E-state index contributed by atoms with van der Waals surface area (Å²) in [4.78, 5) is 23.7. The Morgan fingerprint density at radius 3 is 2.86 bits per heavy atom. The lowest BCUT2D eigenvalue weighted by Crippen LogP contribution is -2.57. The highest BCUT2D eigenvalue weighted by molar-refractivity contribution is 5.93. The summed E-state index contributed by atoms with van der Waals surface area (Å²) >= 11 is 0. The Bertz CT molecular complexity index is 627. The van der Waals surface area contributed by atoms with E-state index in [1.807, 2.05) is 25.1 Å². The number of aryl methyl sites for hydroxylation is 1. The average Bonchev–Trinajstić information content (AvgIpc) is 2.90. The van der Waals surface area contributed by atoms with Gasteiger partial charge in [0, 0.05) is 5.69 Å². The van der Waals surface area contributed by atoms with E-state index >= 15 is 0 Å². The third kappa shape index (κ3) is 2.11. The molecule has 22 heavy (non-hydrogen) atoms. The van der Waals surface area contributed by atoms with E-state index in [1.165, 1.54) is 0 Å². The van der Waals surface area contributed by atoms with Crippen LogP contribution in [0.2, 0.25) is 0 Å². The van der Waals surface area contributed by atoms with Crippen molar-refractivity contribution in [2.45, 2.75) is 50.7 Å². The van der Waals surface area contributed by atoms with Gasteiger partial charge >= 0.3 is 5.97 Å². The van der Waals surface area contributed by atoms with Crippen molar-refractivity contribution in [2.24, 2.45) is 0 Å². The number of benzene rings is 1. The highest BCUT2D eigenvalue weighted by atomic mass is 16.5. The molecule has 5 nitrogen and oxygen atoms in total. The van der Waals surface area contributed by atoms with Crippen molar-refractivity contribution >= 4 is 17.4 Å². The maximum atomic E-state index is 12.4. The molecule has 2 heterocycles. The fourth-order valence-corrected chi connectivity index (χ4v) is 3.82. The molecule has 0 bridgehead atoms. The highest BCUT2D eigenvalue weighted by Gasteiger charge is 2.54. The van der Waals surface area contributed by atoms with Gasteiger partial charge in [-0.25, -0.2) is 0 Å². The number of rotatable bonds is 4. The average molecular weight is 303 g/mol. The van der Waals surface area contributed by atoms with Crippen molar-refractivity contribution < 1.29 is 19.4 Å². The normalized spacial score (nSPS) is 29.6. The van der Waals surface area contributed by atoms with Crippen LogP contribution >= 0.6 is 0 Å². The van der Waals surface area contributed by atoms with Gasteiger partial charge in [-0.05, 0) is 24.0 Å². The number of carbonyl (C=O) groups excluding carboxylic acids is 1. The molecule has 5 heteroatoms. The molecule has 1 fully saturated rings. The predicted molar refractivity (Wildman–Crippen MR) is 82.2 cm³/mol. The molecular weight excluding hydrogens is 282 g/mol. The van der Waals surface area contributed by atoms with Gasteiger partial charge in [-0.2, -0.15) is 0 Å². The lowest BCUT2D eigenvalue weighted by Gasteiger charge is -2.43. The van der Waals surface area contributed by atoms with Gasteiger partial charge in [0.15, 0.2) is 5.78 Å². The number of aliphatic carboxylic acids is 1. The van der Waals surface area contributed by atoms with E-state index in [0.29, 0.717) is 6.42 Å². The summed E-state index contributed by atoms with van der Waals surface area (Å²) in [7, 11) is 0. The second-order valence-corrected chi connectivity index (χ2v) is 6.08. The van der Waals surface area contributed by atoms with Crippen LogP contribution in [0, 0.1) is 0 Å². The highest BCUT2D eigenvalue weighted by Crippen LogP contribution is 2.48. The van der Waals surface area contributed by atoms with E-state index in [2.05, 4.69) is 12.2 Å². The molecule has 2 N–H and O–H groups in total. The summed E-state index contributed by atoms with van der Waals surface area (Å²) in [6, 6.07) is 5.67. The molecule has 1 aromatic carbocycles. The first-order chi connectivity index (χ1) is 10.5. The summed E-state index contributed by atoms with van der Waals surface area (Å²) in [6.45, 7) is 3.98. The number of ether oxygens (including phenoxy) is 1. The van der Waals surface area contributed by atoms with Crippen LogP contribution in [0.3, 0.4) is 0 Å². The first-order valence-corrected chi connectivity index (χ1v) is 7.79. The first kappa shape index (κ1) is 15.0. The Kier molecular flexibility index (Phi) is 3.68. The molecule has 3 atom stereocenters. The Hall–Kier alpha value is -1.88. The number of ketones is 1. The Labute approximate surface area is 129 Å². The van der Waals surface area contributed by atoms with Crippen LogP contribution in [0.5, 0.6) is 0 Å². The summed E-state index contributed by atoms with van der Waals surface area (Å²) < 4.78 is 5.76. The van der Waals surface area contributed by atoms with Crippen LogP contribution in [-0.2, 0) is 20.7 Å². The minimum Gasteiger partial charge on any atom is -0.481 e. The number of para-hydroxylation sites is 1. The lowest BCUT2D eigenvalue weighted by molar-refractivity contribution is -0.160. The summed E-state index contributed by atoms with van der Waals surface area (Å²) in [5, 5.41) is 12.7. The van der Waals surface area contributed by atoms with E-state index in [0.717, 1.165) is 23.2 Å². The molecule has 0 aliphatic carbocycles. The Morgan fingerprint density at radius 1 is 1.45 bits per heavy atom. The SMILES string of the molecule is CCc1cccc2c1NC1C2C(=O)COC1(CC)CC(=O)O. The number of fused-ring (bicyclic) bond motifs is 3. The van der Waals surface area contributed by atoms with Gasteiger partial charge < -0.3 is 15.2 Å². The topological polar surface area (TPSA) is 75.6 Å². The number of Topliss-reactive ketones (excluding diaryl/α,β-unsaturated/α-hetero) is 1. The van der Waals surface area contributed by atoms with Gasteiger partial charge in [0.1, 0.15) is 12.2 Å². The fourth-order valence-electron chi connectivity index (χ4n) is 3.82. The third-order valence-corrected chi connectivity index (χ3v) is 5.00. The largest absolute Gasteiger partial charge is 0.481 e. The van der Waals surface area contributed by atoms with Crippen molar-refractivity contribution in [3.63, 3.8) is 0 Å². The van der Waals surface area contributed by atoms with Crippen LogP contribution in [0.15, 0.2) is 18.2 Å². The van der Waals surface area contributed by atoms with Crippen molar-refractivity contribution in [1.29, 1.82) is 0 Å². The van der Waals surface area contributed by atoms with Crippen molar-refractivity contribution in [3.05, 3.63) is 29.3 Å². The zero-order valence-corrected chi connectivity index (χ0v) is 12.9. The van der Waals surface area contributed by atoms with Crippen molar-refractivity contribution in [1.82, 2.24) is 0 Å². The van der Waals surface area contributed by atoms with Gasteiger partial charge in [0.2, 0.25) is 0 Å². The predicted octanol–water partition coefficient (Wildman–Crippen LogP) is 2.35. The molecule has 0 amide bonds. The molecule has 118 valence electrons. The molecule has 1 saturated heterocycles. The quantitative estimate of drug-likeness (QED) is 0.893. The van der Waals surface area contributed by atoms with Gasteiger partial charge in [-0.15, -0.1) is 0 Å². The van der Waals surface area contributed by atoms with Gasteiger partial charge in [0.05, 0.1) is 18.4 Å². The molecule has 0 spiro atoms. The zero-order valence-electron chi connectivity index (χ0n) is 12.9. The molecule has 0 aromatic heterocycles. The van der Waals surface area contributed by atoms with E-state index < -0.39 is 11.6 Å². The second-order valence-electron chi connectivity index (χ2n) is 6.08. The molecule has 3 rings (SSSR count). The monoisotopic (exact) mass is 303 g/mol. The van der Waals surface area contributed by atoms with E-state index in [-0.39, 0.29) is 30.8 Å². The molecule has 0 radical (unpaired) electrons. The summed E-state index contributed by atoms with van der Waals surface area (Å²) in [5.41, 5.74) is 2.29. The van der Waals surface area contributed by atoms with E-state index in [9.17, 15) is 14.7 Å². The van der Waals surface area contributed by atoms with Crippen molar-refractivity contribution in [2.75, 3.05) is 11.9 Å². The second kappa shape index (κ2) is 5.39. The minimum absolute atomic E-state index is 0.0141. The maximum absolute atomic E-state index is 12.4. The summed E-state index contributed by atoms with van der Waals surface area (Å²) in [6.07, 6.45) is 1.32. The number of carboxylic acid groups (broad SMARTS) is 1. The molecule has 2 aliphatic rings.